The third-order valence-electron chi connectivity index (χ3n) is 3.17. The van der Waals surface area contributed by atoms with Gasteiger partial charge in [0.1, 0.15) is 5.82 Å². The van der Waals surface area contributed by atoms with Gasteiger partial charge in [-0.3, -0.25) is 0 Å². The fourth-order valence-electron chi connectivity index (χ4n) is 2.20. The number of alkyl halides is 1. The van der Waals surface area contributed by atoms with Crippen molar-refractivity contribution in [3.8, 4) is 0 Å². The van der Waals surface area contributed by atoms with E-state index in [-0.39, 0.29) is 10.8 Å². The van der Waals surface area contributed by atoms with E-state index >= 15 is 0 Å². The third kappa shape index (κ3) is 4.21. The minimum atomic E-state index is -0.361. The van der Waals surface area contributed by atoms with E-state index in [0.29, 0.717) is 5.92 Å². The Hall–Kier alpha value is -0.570. The highest BCUT2D eigenvalue weighted by molar-refractivity contribution is 9.09. The maximum absolute atomic E-state index is 13.5. The summed E-state index contributed by atoms with van der Waals surface area (Å²) in [6.07, 6.45) is 1.60. The lowest BCUT2D eigenvalue weighted by atomic mass is 9.94. The molecule has 0 aliphatic rings. The maximum atomic E-state index is 13.5. The zero-order valence-corrected chi connectivity index (χ0v) is 13.8. The molecule has 2 aromatic carbocycles. The highest BCUT2D eigenvalue weighted by Gasteiger charge is 2.13. The van der Waals surface area contributed by atoms with Crippen molar-refractivity contribution in [2.24, 2.45) is 5.92 Å². The van der Waals surface area contributed by atoms with Crippen LogP contribution in [0.1, 0.15) is 11.1 Å². The molecule has 0 saturated heterocycles. The molecule has 0 nitrogen and oxygen atoms in total. The van der Waals surface area contributed by atoms with Crippen LogP contribution in [0.4, 0.5) is 4.39 Å². The number of hydrogen-bond acceptors (Lipinski definition) is 0. The van der Waals surface area contributed by atoms with Crippen LogP contribution in [0.25, 0.3) is 0 Å². The maximum Gasteiger partial charge on any atom is 0.142 e. The minimum Gasteiger partial charge on any atom is -0.205 e. The monoisotopic (exact) mass is 374 g/mol. The Morgan fingerprint density at radius 2 is 1.80 bits per heavy atom. The molecule has 0 aliphatic heterocycles. The van der Waals surface area contributed by atoms with E-state index in [1.807, 2.05) is 24.3 Å². The molecule has 1 atom stereocenters. The summed E-state index contributed by atoms with van der Waals surface area (Å²) in [6.45, 7) is 0. The molecule has 0 aromatic heterocycles. The molecule has 2 aromatic rings. The molecule has 0 spiro atoms. The second-order valence-corrected chi connectivity index (χ2v) is 6.23. The number of halogens is 4. The number of hydrogen-bond donors (Lipinski definition) is 0. The summed E-state index contributed by atoms with van der Waals surface area (Å²) in [5.41, 5.74) is 2.02. The summed E-state index contributed by atoms with van der Waals surface area (Å²) in [5, 5.41) is 1.79. The molecule has 0 heterocycles. The second kappa shape index (κ2) is 7.44. The predicted octanol–water partition coefficient (Wildman–Crippen LogP) is 5.93. The van der Waals surface area contributed by atoms with Gasteiger partial charge in [0, 0.05) is 10.4 Å². The molecule has 0 aliphatic carbocycles. The van der Waals surface area contributed by atoms with E-state index in [2.05, 4.69) is 22.0 Å². The minimum absolute atomic E-state index is 0.226. The van der Waals surface area contributed by atoms with Crippen molar-refractivity contribution in [3.05, 3.63) is 69.5 Å². The van der Waals surface area contributed by atoms with Crippen LogP contribution in [-0.2, 0) is 12.8 Å². The van der Waals surface area contributed by atoms with Crippen LogP contribution >= 0.6 is 39.1 Å². The lowest BCUT2D eigenvalue weighted by molar-refractivity contribution is 0.583. The Morgan fingerprint density at radius 1 is 1.05 bits per heavy atom. The summed E-state index contributed by atoms with van der Waals surface area (Å²) in [5.74, 6) is -0.0204. The van der Waals surface area contributed by atoms with Gasteiger partial charge >= 0.3 is 0 Å². The van der Waals surface area contributed by atoms with E-state index in [9.17, 15) is 4.39 Å². The van der Waals surface area contributed by atoms with Crippen molar-refractivity contribution >= 4 is 39.1 Å². The number of benzene rings is 2. The summed E-state index contributed by atoms with van der Waals surface area (Å²) < 4.78 is 13.5. The normalized spacial score (nSPS) is 12.4. The highest BCUT2D eigenvalue weighted by Crippen LogP contribution is 2.25. The van der Waals surface area contributed by atoms with Gasteiger partial charge in [0.15, 0.2) is 0 Å². The average molecular weight is 376 g/mol. The van der Waals surface area contributed by atoms with Crippen molar-refractivity contribution in [3.63, 3.8) is 0 Å². The lowest BCUT2D eigenvalue weighted by Crippen LogP contribution is -2.10. The van der Waals surface area contributed by atoms with Gasteiger partial charge < -0.3 is 0 Å². The van der Waals surface area contributed by atoms with Gasteiger partial charge in [-0.25, -0.2) is 4.39 Å². The molecule has 1 unspecified atom stereocenters. The Labute approximate surface area is 137 Å². The van der Waals surface area contributed by atoms with Crippen molar-refractivity contribution in [2.75, 3.05) is 5.33 Å². The van der Waals surface area contributed by atoms with Crippen LogP contribution in [0.2, 0.25) is 10.0 Å². The molecule has 4 heteroatoms. The van der Waals surface area contributed by atoms with Crippen molar-refractivity contribution in [1.82, 2.24) is 0 Å². The van der Waals surface area contributed by atoms with Gasteiger partial charge in [-0.1, -0.05) is 63.4 Å². The predicted molar refractivity (Wildman–Crippen MR) is 87.6 cm³/mol. The Balaban J connectivity index is 2.11. The second-order valence-electron chi connectivity index (χ2n) is 4.77. The van der Waals surface area contributed by atoms with Crippen LogP contribution in [0.5, 0.6) is 0 Å². The first kappa shape index (κ1) is 15.8. The fourth-order valence-corrected chi connectivity index (χ4v) is 3.07. The Kier molecular flexibility index (Phi) is 5.88. The Bertz CT molecular complexity index is 586. The van der Waals surface area contributed by atoms with E-state index in [1.54, 1.807) is 6.07 Å². The first-order chi connectivity index (χ1) is 9.60. The largest absolute Gasteiger partial charge is 0.205 e. The summed E-state index contributed by atoms with van der Waals surface area (Å²) in [4.78, 5) is 0. The van der Waals surface area contributed by atoms with Gasteiger partial charge in [0.05, 0.1) is 5.02 Å². The van der Waals surface area contributed by atoms with Gasteiger partial charge in [-0.2, -0.15) is 0 Å². The standard InChI is InChI=1S/C16H14BrCl2F/c17-10-12(7-11-3-1-5-14(18)9-11)8-13-4-2-6-15(20)16(13)19/h1-6,9,12H,7-8,10H2. The molecule has 0 bridgehead atoms. The lowest BCUT2D eigenvalue weighted by Gasteiger charge is -2.15. The van der Waals surface area contributed by atoms with E-state index in [0.717, 1.165) is 28.8 Å². The molecule has 0 amide bonds. The molecular weight excluding hydrogens is 362 g/mol. The highest BCUT2D eigenvalue weighted by atomic mass is 79.9. The smallest absolute Gasteiger partial charge is 0.142 e. The third-order valence-corrected chi connectivity index (χ3v) is 4.75. The summed E-state index contributed by atoms with van der Waals surface area (Å²) in [7, 11) is 0. The first-order valence-electron chi connectivity index (χ1n) is 6.33. The molecule has 20 heavy (non-hydrogen) atoms. The molecule has 2 rings (SSSR count). The zero-order valence-electron chi connectivity index (χ0n) is 10.8. The van der Waals surface area contributed by atoms with Gasteiger partial charge in [-0.15, -0.1) is 0 Å². The van der Waals surface area contributed by atoms with Crippen LogP contribution in [-0.4, -0.2) is 5.33 Å². The van der Waals surface area contributed by atoms with Crippen LogP contribution in [0.15, 0.2) is 42.5 Å². The van der Waals surface area contributed by atoms with Gasteiger partial charge in [-0.05, 0) is 48.1 Å². The first-order valence-corrected chi connectivity index (χ1v) is 8.21. The average Bonchev–Trinajstić information content (AvgIpc) is 2.43. The SMILES string of the molecule is Fc1cccc(CC(CBr)Cc2cccc(Cl)c2)c1Cl. The van der Waals surface area contributed by atoms with Crippen LogP contribution < -0.4 is 0 Å². The molecule has 0 N–H and O–H groups in total. The summed E-state index contributed by atoms with van der Waals surface area (Å²) in [6, 6.07) is 12.8. The molecule has 0 radical (unpaired) electrons. The zero-order chi connectivity index (χ0) is 14.5. The van der Waals surface area contributed by atoms with E-state index in [4.69, 9.17) is 23.2 Å². The van der Waals surface area contributed by atoms with Crippen molar-refractivity contribution in [1.29, 1.82) is 0 Å². The van der Waals surface area contributed by atoms with Gasteiger partial charge in [0.25, 0.3) is 0 Å². The van der Waals surface area contributed by atoms with Gasteiger partial charge in [0.2, 0.25) is 0 Å². The quantitative estimate of drug-likeness (QED) is 0.568. The molecule has 0 fully saturated rings. The van der Waals surface area contributed by atoms with Crippen LogP contribution in [0, 0.1) is 11.7 Å². The topological polar surface area (TPSA) is 0 Å². The van der Waals surface area contributed by atoms with Crippen LogP contribution in [0.3, 0.4) is 0 Å². The molecular formula is C16H14BrCl2F. The molecule has 0 saturated carbocycles. The van der Waals surface area contributed by atoms with E-state index < -0.39 is 0 Å². The van der Waals surface area contributed by atoms with Crippen molar-refractivity contribution < 1.29 is 4.39 Å². The number of rotatable bonds is 5. The molecule has 106 valence electrons. The fraction of sp³-hybridized carbons (Fsp3) is 0.250. The van der Waals surface area contributed by atoms with E-state index in [1.165, 1.54) is 11.6 Å². The summed E-state index contributed by atoms with van der Waals surface area (Å²) >= 11 is 15.5. The Morgan fingerprint density at radius 3 is 2.50 bits per heavy atom. The van der Waals surface area contributed by atoms with Crippen molar-refractivity contribution in [2.45, 2.75) is 12.8 Å².